The molecule has 1 atom stereocenters. The number of hydrogen-bond donors (Lipinski definition) is 0. The lowest BCUT2D eigenvalue weighted by Gasteiger charge is -2.25. The molecule has 0 saturated heterocycles. The van der Waals surface area contributed by atoms with Crippen LogP contribution in [0.4, 0.5) is 8.78 Å². The fourth-order valence-corrected chi connectivity index (χ4v) is 1.55. The third-order valence-electron chi connectivity index (χ3n) is 2.82. The van der Waals surface area contributed by atoms with Crippen molar-refractivity contribution in [2.24, 2.45) is 0 Å². The van der Waals surface area contributed by atoms with Gasteiger partial charge in [-0.15, -0.1) is 0 Å². The van der Waals surface area contributed by atoms with Crippen LogP contribution in [0.15, 0.2) is 12.1 Å². The molecule has 0 spiro atoms. The summed E-state index contributed by atoms with van der Waals surface area (Å²) >= 11 is 0. The lowest BCUT2D eigenvalue weighted by Crippen LogP contribution is -2.24. The monoisotopic (exact) mass is 208 g/mol. The summed E-state index contributed by atoms with van der Waals surface area (Å²) < 4.78 is 27.3. The Morgan fingerprint density at radius 2 is 1.67 bits per heavy atom. The van der Waals surface area contributed by atoms with Gasteiger partial charge in [0, 0.05) is 5.56 Å². The summed E-state index contributed by atoms with van der Waals surface area (Å²) in [5.41, 5.74) is 0.642. The molecule has 0 bridgehead atoms. The number of rotatable bonds is 3. The van der Waals surface area contributed by atoms with Crippen LogP contribution in [0.3, 0.4) is 0 Å². The van der Waals surface area contributed by atoms with Crippen molar-refractivity contribution in [3.8, 4) is 0 Å². The second-order valence-corrected chi connectivity index (χ2v) is 4.06. The van der Waals surface area contributed by atoms with Crippen LogP contribution in [0, 0.1) is 11.6 Å². The summed E-state index contributed by atoms with van der Waals surface area (Å²) in [5, 5.41) is -0.944. The predicted octanol–water partition coefficient (Wildman–Crippen LogP) is 3.32. The van der Waals surface area contributed by atoms with Crippen molar-refractivity contribution in [1.29, 1.82) is 0 Å². The maximum absolute atomic E-state index is 13.7. The molecule has 0 saturated carbocycles. The molecule has 0 aliphatic carbocycles. The van der Waals surface area contributed by atoms with Crippen molar-refractivity contribution in [3.05, 3.63) is 34.9 Å². The Morgan fingerprint density at radius 3 is 2.00 bits per heavy atom. The minimum Gasteiger partial charge on any atom is -0.207 e. The van der Waals surface area contributed by atoms with Crippen molar-refractivity contribution < 1.29 is 8.78 Å². The van der Waals surface area contributed by atoms with Gasteiger partial charge in [0.25, 0.3) is 0 Å². The molecule has 0 fully saturated rings. The van der Waals surface area contributed by atoms with Crippen LogP contribution in [-0.4, -0.2) is 7.85 Å². The standard InChI is InChI=1S/C12H15BF2/c1-4-8-6-9(14)11(10(15)7-8)12(3,13)5-2/h6-7H,4-5H2,1-3H3. The van der Waals surface area contributed by atoms with E-state index >= 15 is 0 Å². The van der Waals surface area contributed by atoms with Crippen molar-refractivity contribution in [1.82, 2.24) is 0 Å². The smallest absolute Gasteiger partial charge is 0.129 e. The minimum atomic E-state index is -0.944. The Balaban J connectivity index is 3.31. The fraction of sp³-hybridized carbons (Fsp3) is 0.500. The number of benzene rings is 1. The van der Waals surface area contributed by atoms with Gasteiger partial charge in [-0.05, 0) is 29.4 Å². The molecule has 3 heteroatoms. The van der Waals surface area contributed by atoms with E-state index in [0.717, 1.165) is 0 Å². The zero-order valence-electron chi connectivity index (χ0n) is 9.40. The van der Waals surface area contributed by atoms with Crippen molar-refractivity contribution in [3.63, 3.8) is 0 Å². The van der Waals surface area contributed by atoms with Gasteiger partial charge >= 0.3 is 0 Å². The summed E-state index contributed by atoms with van der Waals surface area (Å²) in [6.45, 7) is 5.31. The van der Waals surface area contributed by atoms with Gasteiger partial charge in [0.2, 0.25) is 0 Å². The zero-order chi connectivity index (χ0) is 11.6. The Kier molecular flexibility index (Phi) is 3.53. The van der Waals surface area contributed by atoms with E-state index in [9.17, 15) is 8.78 Å². The van der Waals surface area contributed by atoms with E-state index in [1.54, 1.807) is 6.92 Å². The molecular weight excluding hydrogens is 193 g/mol. The largest absolute Gasteiger partial charge is 0.207 e. The zero-order valence-corrected chi connectivity index (χ0v) is 9.40. The molecule has 1 aromatic rings. The van der Waals surface area contributed by atoms with E-state index < -0.39 is 16.9 Å². The van der Waals surface area contributed by atoms with Crippen molar-refractivity contribution in [2.75, 3.05) is 0 Å². The summed E-state index contributed by atoms with van der Waals surface area (Å²) in [6, 6.07) is 2.72. The highest BCUT2D eigenvalue weighted by Crippen LogP contribution is 2.29. The van der Waals surface area contributed by atoms with Crippen LogP contribution in [0.25, 0.3) is 0 Å². The van der Waals surface area contributed by atoms with Crippen molar-refractivity contribution >= 4 is 7.85 Å². The molecule has 0 amide bonds. The average molecular weight is 208 g/mol. The maximum Gasteiger partial charge on any atom is 0.129 e. The summed E-state index contributed by atoms with van der Waals surface area (Å²) in [5.74, 6) is -1.09. The maximum atomic E-state index is 13.7. The Labute approximate surface area is 91.1 Å². The molecule has 0 aromatic heterocycles. The summed E-state index contributed by atoms with van der Waals surface area (Å²) in [6.07, 6.45) is 1.11. The molecule has 0 aliphatic heterocycles. The van der Waals surface area contributed by atoms with Crippen LogP contribution in [0.2, 0.25) is 0 Å². The molecule has 1 unspecified atom stereocenters. The van der Waals surface area contributed by atoms with Gasteiger partial charge in [-0.25, -0.2) is 8.78 Å². The van der Waals surface area contributed by atoms with Gasteiger partial charge in [-0.3, -0.25) is 0 Å². The molecule has 1 aromatic carbocycles. The second kappa shape index (κ2) is 4.34. The lowest BCUT2D eigenvalue weighted by molar-refractivity contribution is 0.501. The summed E-state index contributed by atoms with van der Waals surface area (Å²) in [7, 11) is 5.85. The molecule has 0 nitrogen and oxygen atoms in total. The first-order chi connectivity index (χ1) is 6.92. The van der Waals surface area contributed by atoms with Crippen LogP contribution in [0.5, 0.6) is 0 Å². The lowest BCUT2D eigenvalue weighted by atomic mass is 9.63. The highest BCUT2D eigenvalue weighted by Gasteiger charge is 2.25. The van der Waals surface area contributed by atoms with E-state index in [1.807, 2.05) is 13.8 Å². The van der Waals surface area contributed by atoms with E-state index in [1.165, 1.54) is 12.1 Å². The quantitative estimate of drug-likeness (QED) is 0.668. The van der Waals surface area contributed by atoms with Gasteiger partial charge in [0.15, 0.2) is 0 Å². The average Bonchev–Trinajstić information content (AvgIpc) is 2.16. The molecule has 0 N–H and O–H groups in total. The van der Waals surface area contributed by atoms with E-state index in [0.29, 0.717) is 18.4 Å². The SMILES string of the molecule is [B]C(C)(CC)c1c(F)cc(CC)cc1F. The van der Waals surface area contributed by atoms with Gasteiger partial charge in [-0.1, -0.05) is 27.2 Å². The van der Waals surface area contributed by atoms with Crippen LogP contribution < -0.4 is 0 Å². The first kappa shape index (κ1) is 12.2. The van der Waals surface area contributed by atoms with Crippen LogP contribution >= 0.6 is 0 Å². The normalized spacial score (nSPS) is 15.0. The Hall–Kier alpha value is -0.855. The first-order valence-corrected chi connectivity index (χ1v) is 5.19. The first-order valence-electron chi connectivity index (χ1n) is 5.19. The van der Waals surface area contributed by atoms with Crippen LogP contribution in [0.1, 0.15) is 38.3 Å². The third-order valence-corrected chi connectivity index (χ3v) is 2.82. The highest BCUT2D eigenvalue weighted by atomic mass is 19.1. The van der Waals surface area contributed by atoms with Gasteiger partial charge in [0.05, 0.1) is 7.85 Å². The van der Waals surface area contributed by atoms with E-state index in [2.05, 4.69) is 0 Å². The Morgan fingerprint density at radius 1 is 1.20 bits per heavy atom. The van der Waals surface area contributed by atoms with Crippen LogP contribution in [-0.2, 0) is 11.7 Å². The third kappa shape index (κ3) is 2.39. The topological polar surface area (TPSA) is 0 Å². The highest BCUT2D eigenvalue weighted by molar-refractivity contribution is 6.15. The number of halogens is 2. The van der Waals surface area contributed by atoms with E-state index in [4.69, 9.17) is 7.85 Å². The molecular formula is C12H15BF2. The fourth-order valence-electron chi connectivity index (χ4n) is 1.55. The predicted molar refractivity (Wildman–Crippen MR) is 59.1 cm³/mol. The number of aryl methyl sites for hydroxylation is 1. The second-order valence-electron chi connectivity index (χ2n) is 4.06. The molecule has 2 radical (unpaired) electrons. The molecule has 0 aliphatic rings. The number of hydrogen-bond acceptors (Lipinski definition) is 0. The Bertz CT molecular complexity index is 336. The van der Waals surface area contributed by atoms with Crippen molar-refractivity contribution in [2.45, 2.75) is 38.9 Å². The van der Waals surface area contributed by atoms with Gasteiger partial charge in [0.1, 0.15) is 11.6 Å². The molecule has 0 heterocycles. The van der Waals surface area contributed by atoms with Gasteiger partial charge < -0.3 is 0 Å². The summed E-state index contributed by atoms with van der Waals surface area (Å²) in [4.78, 5) is 0. The van der Waals surface area contributed by atoms with Gasteiger partial charge in [-0.2, -0.15) is 0 Å². The molecule has 80 valence electrons. The molecule has 1 rings (SSSR count). The minimum absolute atomic E-state index is 0.0119. The van der Waals surface area contributed by atoms with E-state index in [-0.39, 0.29) is 5.56 Å². The molecule has 15 heavy (non-hydrogen) atoms.